The lowest BCUT2D eigenvalue weighted by Crippen LogP contribution is -2.46. The van der Waals surface area contributed by atoms with Crippen molar-refractivity contribution in [3.63, 3.8) is 0 Å². The summed E-state index contributed by atoms with van der Waals surface area (Å²) in [6.45, 7) is 0. The molecule has 0 aromatic heterocycles. The molecule has 1 aromatic carbocycles. The second-order valence-electron chi connectivity index (χ2n) is 3.17. The van der Waals surface area contributed by atoms with E-state index in [2.05, 4.69) is 0 Å². The number of hydrogen-bond donors (Lipinski definition) is 2. The van der Waals surface area contributed by atoms with Crippen LogP contribution in [0.3, 0.4) is 0 Å². The standard InChI is InChI=1S/C8H6F5NO3S/c9-7(10,11)8(12,13)18(16,17)14-5-1-3-6(15)4-2-5/h1-4,14-15H. The molecule has 0 radical (unpaired) electrons. The Hall–Kier alpha value is -1.58. The van der Waals surface area contributed by atoms with Gasteiger partial charge in [0.05, 0.1) is 0 Å². The van der Waals surface area contributed by atoms with E-state index in [1.54, 1.807) is 0 Å². The van der Waals surface area contributed by atoms with Gasteiger partial charge >= 0.3 is 21.5 Å². The molecule has 2 N–H and O–H groups in total. The van der Waals surface area contributed by atoms with Crippen molar-refractivity contribution in [1.29, 1.82) is 0 Å². The fourth-order valence-corrected chi connectivity index (χ4v) is 1.78. The van der Waals surface area contributed by atoms with Crippen LogP contribution in [0.25, 0.3) is 0 Å². The highest BCUT2D eigenvalue weighted by molar-refractivity contribution is 7.93. The number of alkyl halides is 5. The number of hydrogen-bond acceptors (Lipinski definition) is 3. The molecular weight excluding hydrogens is 285 g/mol. The summed E-state index contributed by atoms with van der Waals surface area (Å²) in [7, 11) is -5.97. The van der Waals surface area contributed by atoms with Crippen LogP contribution >= 0.6 is 0 Å². The van der Waals surface area contributed by atoms with Gasteiger partial charge in [-0.3, -0.25) is 4.72 Å². The second-order valence-corrected chi connectivity index (χ2v) is 4.89. The van der Waals surface area contributed by atoms with Crippen molar-refractivity contribution < 1.29 is 35.5 Å². The summed E-state index contributed by atoms with van der Waals surface area (Å²) >= 11 is 0. The van der Waals surface area contributed by atoms with E-state index in [0.717, 1.165) is 29.0 Å². The van der Waals surface area contributed by atoms with Gasteiger partial charge in [-0.1, -0.05) is 0 Å². The first-order valence-corrected chi connectivity index (χ1v) is 5.71. The van der Waals surface area contributed by atoms with Crippen LogP contribution in [0, 0.1) is 0 Å². The summed E-state index contributed by atoms with van der Waals surface area (Å²) in [4.78, 5) is 0. The number of nitrogens with one attached hydrogen (secondary N) is 1. The number of phenolic OH excluding ortho intramolecular Hbond substituents is 1. The molecule has 0 spiro atoms. The molecule has 0 aliphatic rings. The van der Waals surface area contributed by atoms with Gasteiger partial charge in [-0.2, -0.15) is 30.4 Å². The molecular formula is C8H6F5NO3S. The molecule has 0 saturated carbocycles. The zero-order valence-electron chi connectivity index (χ0n) is 8.37. The maximum atomic E-state index is 12.6. The minimum Gasteiger partial charge on any atom is -0.508 e. The third kappa shape index (κ3) is 2.63. The molecule has 0 saturated heterocycles. The highest BCUT2D eigenvalue weighted by atomic mass is 32.2. The zero-order valence-corrected chi connectivity index (χ0v) is 9.19. The van der Waals surface area contributed by atoms with Crippen LogP contribution in [0.15, 0.2) is 24.3 Å². The SMILES string of the molecule is O=S(=O)(Nc1ccc(O)cc1)C(F)(F)C(F)(F)F. The van der Waals surface area contributed by atoms with Crippen molar-refractivity contribution in [2.24, 2.45) is 0 Å². The van der Waals surface area contributed by atoms with Gasteiger partial charge in [0.25, 0.3) is 0 Å². The van der Waals surface area contributed by atoms with Crippen LogP contribution < -0.4 is 4.72 Å². The van der Waals surface area contributed by atoms with Gasteiger partial charge in [0.2, 0.25) is 0 Å². The molecule has 0 aliphatic carbocycles. The van der Waals surface area contributed by atoms with E-state index in [9.17, 15) is 30.4 Å². The molecule has 0 bridgehead atoms. The molecule has 4 nitrogen and oxygen atoms in total. The van der Waals surface area contributed by atoms with Crippen LogP contribution in [0.1, 0.15) is 0 Å². The van der Waals surface area contributed by atoms with E-state index >= 15 is 0 Å². The Morgan fingerprint density at radius 3 is 1.83 bits per heavy atom. The number of rotatable bonds is 3. The Morgan fingerprint density at radius 2 is 1.44 bits per heavy atom. The number of sulfonamides is 1. The van der Waals surface area contributed by atoms with Gasteiger partial charge in [-0.15, -0.1) is 0 Å². The topological polar surface area (TPSA) is 66.4 Å². The number of phenols is 1. The molecule has 0 amide bonds. The molecule has 0 aliphatic heterocycles. The third-order valence-electron chi connectivity index (χ3n) is 1.79. The lowest BCUT2D eigenvalue weighted by atomic mass is 10.3. The van der Waals surface area contributed by atoms with Gasteiger partial charge in [-0.25, -0.2) is 0 Å². The first kappa shape index (κ1) is 14.5. The molecule has 0 heterocycles. The Bertz CT molecular complexity index is 523. The summed E-state index contributed by atoms with van der Waals surface area (Å²) in [6, 6.07) is 3.51. The summed E-state index contributed by atoms with van der Waals surface area (Å²) in [6.07, 6.45) is -6.23. The summed E-state index contributed by atoms with van der Waals surface area (Å²) < 4.78 is 83.9. The predicted octanol–water partition coefficient (Wildman–Crippen LogP) is 2.29. The molecule has 1 rings (SSSR count). The monoisotopic (exact) mass is 291 g/mol. The molecule has 0 unspecified atom stereocenters. The first-order valence-electron chi connectivity index (χ1n) is 4.23. The van der Waals surface area contributed by atoms with Gasteiger partial charge in [0.1, 0.15) is 5.75 Å². The van der Waals surface area contributed by atoms with E-state index in [1.807, 2.05) is 0 Å². The molecule has 10 heteroatoms. The predicted molar refractivity (Wildman–Crippen MR) is 51.7 cm³/mol. The fourth-order valence-electron chi connectivity index (χ4n) is 0.901. The van der Waals surface area contributed by atoms with Crippen LogP contribution in [0.2, 0.25) is 0 Å². The lowest BCUT2D eigenvalue weighted by Gasteiger charge is -2.20. The minimum absolute atomic E-state index is 0.305. The quantitative estimate of drug-likeness (QED) is 0.663. The van der Waals surface area contributed by atoms with Crippen LogP contribution in [0.4, 0.5) is 27.6 Å². The summed E-state index contributed by atoms with van der Waals surface area (Å²) in [5.74, 6) is -0.305. The molecule has 0 fully saturated rings. The van der Waals surface area contributed by atoms with Crippen molar-refractivity contribution >= 4 is 15.7 Å². The van der Waals surface area contributed by atoms with E-state index in [0.29, 0.717) is 0 Å². The summed E-state index contributed by atoms with van der Waals surface area (Å²) in [5, 5.41) is 2.92. The Labute approximate surface area is 98.1 Å². The van der Waals surface area contributed by atoms with Gasteiger partial charge in [0, 0.05) is 5.69 Å². The Balaban J connectivity index is 3.06. The van der Waals surface area contributed by atoms with Crippen molar-refractivity contribution in [3.8, 4) is 5.75 Å². The molecule has 102 valence electrons. The van der Waals surface area contributed by atoms with E-state index in [-0.39, 0.29) is 5.75 Å². The summed E-state index contributed by atoms with van der Waals surface area (Å²) in [5.41, 5.74) is -0.531. The normalized spacial score (nSPS) is 13.4. The van der Waals surface area contributed by atoms with Crippen LogP contribution in [-0.2, 0) is 10.0 Å². The number of anilines is 1. The van der Waals surface area contributed by atoms with Crippen molar-refractivity contribution in [1.82, 2.24) is 0 Å². The Kier molecular flexibility index (Phi) is 3.43. The Morgan fingerprint density at radius 1 is 1.00 bits per heavy atom. The van der Waals surface area contributed by atoms with Gasteiger partial charge in [0.15, 0.2) is 0 Å². The van der Waals surface area contributed by atoms with E-state index < -0.39 is 27.1 Å². The fraction of sp³-hybridized carbons (Fsp3) is 0.250. The molecule has 0 atom stereocenters. The average molecular weight is 291 g/mol. The highest BCUT2D eigenvalue weighted by Gasteiger charge is 2.67. The third-order valence-corrected chi connectivity index (χ3v) is 3.20. The maximum Gasteiger partial charge on any atom is 0.471 e. The smallest absolute Gasteiger partial charge is 0.471 e. The van der Waals surface area contributed by atoms with Gasteiger partial charge < -0.3 is 5.11 Å². The van der Waals surface area contributed by atoms with Crippen molar-refractivity contribution in [2.75, 3.05) is 4.72 Å². The van der Waals surface area contributed by atoms with E-state index in [1.165, 1.54) is 0 Å². The number of halogens is 5. The average Bonchev–Trinajstić information content (AvgIpc) is 2.19. The van der Waals surface area contributed by atoms with Crippen LogP contribution in [-0.4, -0.2) is 25.0 Å². The van der Waals surface area contributed by atoms with Crippen LogP contribution in [0.5, 0.6) is 5.75 Å². The second kappa shape index (κ2) is 4.26. The molecule has 1 aromatic rings. The van der Waals surface area contributed by atoms with E-state index in [4.69, 9.17) is 5.11 Å². The number of benzene rings is 1. The lowest BCUT2D eigenvalue weighted by molar-refractivity contribution is -0.241. The maximum absolute atomic E-state index is 12.6. The highest BCUT2D eigenvalue weighted by Crippen LogP contribution is 2.40. The largest absolute Gasteiger partial charge is 0.508 e. The zero-order chi connectivity index (χ0) is 14.2. The molecule has 18 heavy (non-hydrogen) atoms. The van der Waals surface area contributed by atoms with Gasteiger partial charge in [-0.05, 0) is 24.3 Å². The first-order chi connectivity index (χ1) is 7.97. The minimum atomic E-state index is -6.23. The number of aromatic hydroxyl groups is 1. The van der Waals surface area contributed by atoms with Crippen molar-refractivity contribution in [3.05, 3.63) is 24.3 Å². The van der Waals surface area contributed by atoms with Crippen molar-refractivity contribution in [2.45, 2.75) is 11.4 Å².